The zero-order valence-corrected chi connectivity index (χ0v) is 21.9. The van der Waals surface area contributed by atoms with Crippen molar-refractivity contribution in [2.75, 3.05) is 6.61 Å². The first-order chi connectivity index (χ1) is 19.7. The number of phenols is 3. The SMILES string of the molecule is C[C@@](O)(CC(=O)O)CC(=O)OC[C@H]1O[C@@H](Oc2c(-c3ccc(O)cc3)oc3cc(O)cc(O)c3c2=O)[C@H](O)[C@H](O)[C@@H]1O. The van der Waals surface area contributed by atoms with Crippen molar-refractivity contribution >= 4 is 22.9 Å². The average molecular weight is 593 g/mol. The van der Waals surface area contributed by atoms with Crippen LogP contribution in [0.4, 0.5) is 0 Å². The number of ether oxygens (including phenoxy) is 3. The van der Waals surface area contributed by atoms with E-state index >= 15 is 0 Å². The molecule has 3 aromatic rings. The van der Waals surface area contributed by atoms with Gasteiger partial charge in [-0.15, -0.1) is 0 Å². The molecule has 0 saturated carbocycles. The number of carboxylic acids is 1. The van der Waals surface area contributed by atoms with Gasteiger partial charge in [-0.2, -0.15) is 0 Å². The summed E-state index contributed by atoms with van der Waals surface area (Å²) >= 11 is 0. The molecule has 0 unspecified atom stereocenters. The van der Waals surface area contributed by atoms with Gasteiger partial charge in [0.2, 0.25) is 17.5 Å². The Morgan fingerprint density at radius 3 is 2.26 bits per heavy atom. The van der Waals surface area contributed by atoms with E-state index in [0.29, 0.717) is 0 Å². The third-order valence-corrected chi connectivity index (χ3v) is 6.42. The largest absolute Gasteiger partial charge is 0.508 e. The predicted molar refractivity (Wildman–Crippen MR) is 139 cm³/mol. The summed E-state index contributed by atoms with van der Waals surface area (Å²) in [4.78, 5) is 36.5. The Kier molecular flexibility index (Phi) is 8.60. The molecule has 1 fully saturated rings. The zero-order chi connectivity index (χ0) is 30.9. The van der Waals surface area contributed by atoms with Crippen LogP contribution in [0.3, 0.4) is 0 Å². The normalized spacial score (nSPS) is 23.7. The summed E-state index contributed by atoms with van der Waals surface area (Å²) in [5.74, 6) is -4.52. The fourth-order valence-corrected chi connectivity index (χ4v) is 4.37. The van der Waals surface area contributed by atoms with Gasteiger partial charge < -0.3 is 59.5 Å². The van der Waals surface area contributed by atoms with Crippen molar-refractivity contribution < 1.29 is 69.1 Å². The summed E-state index contributed by atoms with van der Waals surface area (Å²) in [7, 11) is 0. The van der Waals surface area contributed by atoms with Gasteiger partial charge in [0.15, 0.2) is 5.76 Å². The van der Waals surface area contributed by atoms with Crippen molar-refractivity contribution in [3.63, 3.8) is 0 Å². The number of carbonyl (C=O) groups is 2. The first-order valence-corrected chi connectivity index (χ1v) is 12.4. The minimum atomic E-state index is -1.96. The molecular formula is C27H28O15. The summed E-state index contributed by atoms with van der Waals surface area (Å²) in [5.41, 5.74) is -2.98. The molecular weight excluding hydrogens is 564 g/mol. The molecule has 1 aliphatic heterocycles. The van der Waals surface area contributed by atoms with E-state index in [1.54, 1.807) is 0 Å². The molecule has 2 aromatic carbocycles. The van der Waals surface area contributed by atoms with Crippen molar-refractivity contribution in [1.82, 2.24) is 0 Å². The van der Waals surface area contributed by atoms with Gasteiger partial charge in [-0.1, -0.05) is 0 Å². The molecule has 8 N–H and O–H groups in total. The number of rotatable bonds is 9. The summed E-state index contributed by atoms with van der Waals surface area (Å²) in [6.45, 7) is 0.377. The van der Waals surface area contributed by atoms with Crippen LogP contribution in [-0.4, -0.2) is 95.7 Å². The van der Waals surface area contributed by atoms with Crippen LogP contribution in [0.2, 0.25) is 0 Å². The molecule has 1 aliphatic rings. The van der Waals surface area contributed by atoms with Gasteiger partial charge in [0, 0.05) is 17.7 Å². The van der Waals surface area contributed by atoms with Crippen LogP contribution < -0.4 is 10.2 Å². The standard InChI is InChI=1S/C27H28O15/c1-27(38,8-17(31)32)9-18(33)39-10-16-20(34)22(36)23(37)26(41-16)42-25-21(35)19-14(30)6-13(29)7-15(19)40-24(25)11-2-4-12(28)5-3-11/h2-7,16,20,22-23,26,28-30,34,36-38H,8-10H2,1H3,(H,31,32)/t16-,20-,22-,23-,26+,27-/m1/s1. The van der Waals surface area contributed by atoms with Gasteiger partial charge in [-0.25, -0.2) is 0 Å². The van der Waals surface area contributed by atoms with Crippen LogP contribution in [0.15, 0.2) is 45.6 Å². The maximum absolute atomic E-state index is 13.5. The highest BCUT2D eigenvalue weighted by atomic mass is 16.7. The Labute approximate surface area is 236 Å². The van der Waals surface area contributed by atoms with Gasteiger partial charge in [-0.3, -0.25) is 14.4 Å². The number of phenolic OH excluding ortho intramolecular Hbond substituents is 3. The Hall–Kier alpha value is -4.41. The number of hydrogen-bond donors (Lipinski definition) is 8. The average Bonchev–Trinajstić information content (AvgIpc) is 2.88. The monoisotopic (exact) mass is 592 g/mol. The summed E-state index contributed by atoms with van der Waals surface area (Å²) < 4.78 is 21.9. The fourth-order valence-electron chi connectivity index (χ4n) is 4.37. The second-order valence-corrected chi connectivity index (χ2v) is 10.0. The first-order valence-electron chi connectivity index (χ1n) is 12.4. The lowest BCUT2D eigenvalue weighted by Gasteiger charge is -2.39. The highest BCUT2D eigenvalue weighted by molar-refractivity contribution is 5.88. The number of esters is 1. The first kappa shape index (κ1) is 30.5. The van der Waals surface area contributed by atoms with Crippen LogP contribution in [-0.2, 0) is 19.1 Å². The maximum Gasteiger partial charge on any atom is 0.308 e. The lowest BCUT2D eigenvalue weighted by atomic mass is 9.98. The van der Waals surface area contributed by atoms with Crippen molar-refractivity contribution in [2.45, 2.75) is 56.1 Å². The Morgan fingerprint density at radius 1 is 0.952 bits per heavy atom. The molecule has 15 nitrogen and oxygen atoms in total. The number of aliphatic hydroxyl groups excluding tert-OH is 3. The van der Waals surface area contributed by atoms with E-state index in [4.69, 9.17) is 23.7 Å². The topological polar surface area (TPSA) is 254 Å². The fraction of sp³-hybridized carbons (Fsp3) is 0.370. The second-order valence-electron chi connectivity index (χ2n) is 10.0. The molecule has 15 heteroatoms. The van der Waals surface area contributed by atoms with Crippen LogP contribution in [0, 0.1) is 0 Å². The number of hydrogen-bond acceptors (Lipinski definition) is 14. The van der Waals surface area contributed by atoms with Gasteiger partial charge in [0.25, 0.3) is 0 Å². The molecule has 1 saturated heterocycles. The molecule has 0 spiro atoms. The molecule has 6 atom stereocenters. The van der Waals surface area contributed by atoms with E-state index in [1.807, 2.05) is 0 Å². The second kappa shape index (κ2) is 11.8. The van der Waals surface area contributed by atoms with E-state index in [1.165, 1.54) is 24.3 Å². The Balaban J connectivity index is 1.64. The van der Waals surface area contributed by atoms with Crippen molar-refractivity contribution in [2.24, 2.45) is 0 Å². The number of fused-ring (bicyclic) bond motifs is 1. The Morgan fingerprint density at radius 2 is 1.62 bits per heavy atom. The minimum absolute atomic E-state index is 0.121. The summed E-state index contributed by atoms with van der Waals surface area (Å²) in [6, 6.07) is 7.20. The number of aromatic hydroxyl groups is 3. The van der Waals surface area contributed by atoms with E-state index in [0.717, 1.165) is 19.1 Å². The highest BCUT2D eigenvalue weighted by Gasteiger charge is 2.46. The number of aliphatic hydroxyl groups is 4. The van der Waals surface area contributed by atoms with Crippen molar-refractivity contribution in [3.05, 3.63) is 46.6 Å². The zero-order valence-electron chi connectivity index (χ0n) is 21.9. The lowest BCUT2D eigenvalue weighted by molar-refractivity contribution is -0.278. The quantitative estimate of drug-likeness (QED) is 0.151. The molecule has 42 heavy (non-hydrogen) atoms. The van der Waals surface area contributed by atoms with E-state index in [-0.39, 0.29) is 22.7 Å². The number of carboxylic acid groups (broad SMARTS) is 1. The van der Waals surface area contributed by atoms with Gasteiger partial charge in [0.1, 0.15) is 59.2 Å². The number of benzene rings is 2. The van der Waals surface area contributed by atoms with Gasteiger partial charge in [0.05, 0.1) is 18.4 Å². The summed E-state index contributed by atoms with van der Waals surface area (Å²) in [5, 5.41) is 79.8. The minimum Gasteiger partial charge on any atom is -0.508 e. The van der Waals surface area contributed by atoms with Gasteiger partial charge >= 0.3 is 11.9 Å². The molecule has 4 rings (SSSR count). The highest BCUT2D eigenvalue weighted by Crippen LogP contribution is 2.37. The van der Waals surface area contributed by atoms with E-state index in [9.17, 15) is 50.1 Å². The van der Waals surface area contributed by atoms with Crippen LogP contribution in [0.5, 0.6) is 23.0 Å². The predicted octanol–water partition coefficient (Wildman–Crippen LogP) is -0.0778. The van der Waals surface area contributed by atoms with Crippen LogP contribution in [0.25, 0.3) is 22.3 Å². The third-order valence-electron chi connectivity index (χ3n) is 6.42. The maximum atomic E-state index is 13.5. The molecule has 2 heterocycles. The molecule has 0 radical (unpaired) electrons. The number of aliphatic carboxylic acids is 1. The van der Waals surface area contributed by atoms with Gasteiger partial charge in [-0.05, 0) is 31.2 Å². The van der Waals surface area contributed by atoms with E-state index < -0.39 is 95.8 Å². The van der Waals surface area contributed by atoms with Crippen molar-refractivity contribution in [1.29, 1.82) is 0 Å². The van der Waals surface area contributed by atoms with Crippen LogP contribution >= 0.6 is 0 Å². The van der Waals surface area contributed by atoms with Crippen LogP contribution in [0.1, 0.15) is 19.8 Å². The molecule has 0 bridgehead atoms. The number of carbonyl (C=O) groups excluding carboxylic acids is 1. The lowest BCUT2D eigenvalue weighted by Crippen LogP contribution is -2.60. The molecule has 226 valence electrons. The van der Waals surface area contributed by atoms with E-state index in [2.05, 4.69) is 0 Å². The molecule has 1 aromatic heterocycles. The van der Waals surface area contributed by atoms with Crippen molar-refractivity contribution in [3.8, 4) is 34.3 Å². The smallest absolute Gasteiger partial charge is 0.308 e. The molecule has 0 aliphatic carbocycles. The molecule has 0 amide bonds. The Bertz CT molecular complexity index is 1530. The third kappa shape index (κ3) is 6.56. The summed E-state index contributed by atoms with van der Waals surface area (Å²) in [6.07, 6.45) is -10.6.